The van der Waals surface area contributed by atoms with Gasteiger partial charge in [-0.15, -0.1) is 0 Å². The van der Waals surface area contributed by atoms with Gasteiger partial charge in [-0.05, 0) is 32.0 Å². The molecule has 1 aromatic carbocycles. The molecule has 0 aliphatic carbocycles. The van der Waals surface area contributed by atoms with E-state index in [4.69, 9.17) is 16.3 Å². The van der Waals surface area contributed by atoms with Gasteiger partial charge in [0.15, 0.2) is 5.82 Å². The first-order valence-corrected chi connectivity index (χ1v) is 11.0. The van der Waals surface area contributed by atoms with Crippen molar-refractivity contribution in [1.29, 1.82) is 0 Å². The molecule has 1 saturated heterocycles. The summed E-state index contributed by atoms with van der Waals surface area (Å²) in [6.07, 6.45) is 4.12. The maximum absolute atomic E-state index is 6.51. The quantitative estimate of drug-likeness (QED) is 0.477. The molecule has 5 rings (SSSR count). The summed E-state index contributed by atoms with van der Waals surface area (Å²) in [4.78, 5) is 11.4. The van der Waals surface area contributed by atoms with Gasteiger partial charge in [-0.2, -0.15) is 10.1 Å². The molecule has 32 heavy (non-hydrogen) atoms. The molecule has 1 aliphatic rings. The summed E-state index contributed by atoms with van der Waals surface area (Å²) >= 11 is 6.51. The van der Waals surface area contributed by atoms with Gasteiger partial charge < -0.3 is 14.6 Å². The Bertz CT molecular complexity index is 1290. The summed E-state index contributed by atoms with van der Waals surface area (Å²) in [7, 11) is 3.78. The molecule has 0 spiro atoms. The fourth-order valence-electron chi connectivity index (χ4n) is 4.08. The van der Waals surface area contributed by atoms with Gasteiger partial charge in [0, 0.05) is 80.1 Å². The van der Waals surface area contributed by atoms with E-state index in [2.05, 4.69) is 29.9 Å². The van der Waals surface area contributed by atoms with Crippen LogP contribution in [0.3, 0.4) is 0 Å². The highest BCUT2D eigenvalue weighted by molar-refractivity contribution is 6.36. The van der Waals surface area contributed by atoms with Crippen LogP contribution in [0.25, 0.3) is 16.7 Å². The van der Waals surface area contributed by atoms with E-state index in [1.54, 1.807) is 13.3 Å². The van der Waals surface area contributed by atoms with Crippen molar-refractivity contribution in [3.63, 3.8) is 0 Å². The number of halogens is 1. The molecule has 0 amide bonds. The highest BCUT2D eigenvalue weighted by Crippen LogP contribution is 2.32. The van der Waals surface area contributed by atoms with Crippen LogP contribution in [0.1, 0.15) is 17.0 Å². The number of anilines is 2. The molecule has 0 atom stereocenters. The fourth-order valence-corrected chi connectivity index (χ4v) is 4.36. The van der Waals surface area contributed by atoms with Crippen molar-refractivity contribution in [2.45, 2.75) is 26.5 Å². The molecule has 9 heteroatoms. The lowest BCUT2D eigenvalue weighted by Gasteiger charge is -2.37. The van der Waals surface area contributed by atoms with Crippen LogP contribution in [0, 0.1) is 13.8 Å². The second-order valence-corrected chi connectivity index (χ2v) is 8.67. The largest absolute Gasteiger partial charge is 0.379 e. The van der Waals surface area contributed by atoms with Crippen LogP contribution >= 0.6 is 11.6 Å². The number of nitrogens with zero attached hydrogens (tertiary/aromatic N) is 6. The van der Waals surface area contributed by atoms with E-state index in [-0.39, 0.29) is 0 Å². The minimum Gasteiger partial charge on any atom is -0.379 e. The lowest BCUT2D eigenvalue weighted by molar-refractivity contribution is -0.0334. The number of hydrogen-bond donors (Lipinski definition) is 1. The Labute approximate surface area is 191 Å². The Morgan fingerprint density at radius 3 is 2.81 bits per heavy atom. The maximum atomic E-state index is 6.51. The van der Waals surface area contributed by atoms with Gasteiger partial charge in [-0.1, -0.05) is 11.6 Å². The molecule has 1 aliphatic heterocycles. The first-order valence-electron chi connectivity index (χ1n) is 10.6. The van der Waals surface area contributed by atoms with Crippen LogP contribution in [0.4, 0.5) is 11.6 Å². The second-order valence-electron chi connectivity index (χ2n) is 8.29. The molecule has 4 heterocycles. The van der Waals surface area contributed by atoms with E-state index >= 15 is 0 Å². The van der Waals surface area contributed by atoms with Gasteiger partial charge in [0.1, 0.15) is 0 Å². The Morgan fingerprint density at radius 2 is 2.03 bits per heavy atom. The molecule has 166 valence electrons. The molecule has 4 aromatic rings. The molecule has 0 unspecified atom stereocenters. The zero-order chi connectivity index (χ0) is 22.4. The molecular formula is C23H26ClN7O. The topological polar surface area (TPSA) is 73.0 Å². The smallest absolute Gasteiger partial charge is 0.229 e. The van der Waals surface area contributed by atoms with E-state index in [0.29, 0.717) is 17.9 Å². The molecule has 1 fully saturated rings. The summed E-state index contributed by atoms with van der Waals surface area (Å²) < 4.78 is 9.26. The minimum absolute atomic E-state index is 0.342. The number of hydrogen-bond acceptors (Lipinski definition) is 6. The number of aromatic nitrogens is 5. The Kier molecular flexibility index (Phi) is 5.36. The van der Waals surface area contributed by atoms with Crippen molar-refractivity contribution in [2.75, 3.05) is 25.5 Å². The average molecular weight is 452 g/mol. The SMILES string of the molecule is COC1CN(Cc2cn(-c3ccnc(Nc4ccc5c(c4)c(Cl)c(C)n5C)n3)nc2C)C1. The minimum atomic E-state index is 0.342. The van der Waals surface area contributed by atoms with Crippen LogP contribution in [0.2, 0.25) is 5.02 Å². The first-order chi connectivity index (χ1) is 15.4. The summed E-state index contributed by atoms with van der Waals surface area (Å²) in [6.45, 7) is 6.82. The third-order valence-electron chi connectivity index (χ3n) is 6.20. The van der Waals surface area contributed by atoms with Crippen molar-refractivity contribution in [2.24, 2.45) is 7.05 Å². The highest BCUT2D eigenvalue weighted by Gasteiger charge is 2.27. The standard InChI is InChI=1S/C23H26ClN7O/c1-14-16(10-30-12-18(13-30)32-4)11-31(28-14)21-7-8-25-23(27-21)26-17-5-6-20-19(9-17)22(24)15(2)29(20)3/h5-9,11,18H,10,12-13H2,1-4H3,(H,25,26,27). The lowest BCUT2D eigenvalue weighted by Crippen LogP contribution is -2.50. The molecule has 0 bridgehead atoms. The number of ether oxygens (including phenoxy) is 1. The van der Waals surface area contributed by atoms with Gasteiger partial charge in [-0.3, -0.25) is 4.90 Å². The monoisotopic (exact) mass is 451 g/mol. The van der Waals surface area contributed by atoms with Crippen molar-refractivity contribution in [3.05, 3.63) is 58.6 Å². The van der Waals surface area contributed by atoms with Crippen molar-refractivity contribution >= 4 is 34.1 Å². The molecule has 3 aromatic heterocycles. The van der Waals surface area contributed by atoms with Gasteiger partial charge in [0.25, 0.3) is 0 Å². The number of benzene rings is 1. The van der Waals surface area contributed by atoms with E-state index in [0.717, 1.165) is 52.6 Å². The zero-order valence-corrected chi connectivity index (χ0v) is 19.4. The third kappa shape index (κ3) is 3.74. The number of fused-ring (bicyclic) bond motifs is 1. The normalized spacial score (nSPS) is 14.8. The van der Waals surface area contributed by atoms with Crippen LogP contribution in [-0.4, -0.2) is 55.5 Å². The Morgan fingerprint density at radius 1 is 1.22 bits per heavy atom. The average Bonchev–Trinajstić information content (AvgIpc) is 3.23. The number of rotatable bonds is 6. The van der Waals surface area contributed by atoms with E-state index in [9.17, 15) is 0 Å². The van der Waals surface area contributed by atoms with Crippen LogP contribution in [0.15, 0.2) is 36.7 Å². The van der Waals surface area contributed by atoms with Crippen molar-refractivity contribution in [1.82, 2.24) is 29.2 Å². The number of methoxy groups -OCH3 is 1. The van der Waals surface area contributed by atoms with Gasteiger partial charge in [-0.25, -0.2) is 9.67 Å². The molecule has 0 saturated carbocycles. The van der Waals surface area contributed by atoms with E-state index in [1.807, 2.05) is 56.0 Å². The van der Waals surface area contributed by atoms with Crippen LogP contribution < -0.4 is 5.32 Å². The highest BCUT2D eigenvalue weighted by atomic mass is 35.5. The predicted octanol–water partition coefficient (Wildman–Crippen LogP) is 4.00. The Balaban J connectivity index is 1.36. The number of aryl methyl sites for hydroxylation is 2. The van der Waals surface area contributed by atoms with Gasteiger partial charge in [0.2, 0.25) is 5.95 Å². The maximum Gasteiger partial charge on any atom is 0.229 e. The zero-order valence-electron chi connectivity index (χ0n) is 18.6. The summed E-state index contributed by atoms with van der Waals surface area (Å²) in [5.41, 5.74) is 5.19. The van der Waals surface area contributed by atoms with Gasteiger partial charge in [0.05, 0.1) is 16.8 Å². The fraction of sp³-hybridized carbons (Fsp3) is 0.348. The third-order valence-corrected chi connectivity index (χ3v) is 6.68. The molecular weight excluding hydrogens is 426 g/mol. The summed E-state index contributed by atoms with van der Waals surface area (Å²) in [5.74, 6) is 1.22. The predicted molar refractivity (Wildman–Crippen MR) is 126 cm³/mol. The molecule has 8 nitrogen and oxygen atoms in total. The van der Waals surface area contributed by atoms with E-state index < -0.39 is 0 Å². The van der Waals surface area contributed by atoms with Crippen LogP contribution in [-0.2, 0) is 18.3 Å². The molecule has 0 radical (unpaired) electrons. The summed E-state index contributed by atoms with van der Waals surface area (Å²) in [6, 6.07) is 7.93. The number of nitrogens with one attached hydrogen (secondary N) is 1. The van der Waals surface area contributed by atoms with Crippen molar-refractivity contribution in [3.8, 4) is 5.82 Å². The first kappa shape index (κ1) is 20.9. The van der Waals surface area contributed by atoms with Crippen molar-refractivity contribution < 1.29 is 4.74 Å². The number of likely N-dealkylation sites (tertiary alicyclic amines) is 1. The lowest BCUT2D eigenvalue weighted by atomic mass is 10.1. The van der Waals surface area contributed by atoms with Crippen LogP contribution in [0.5, 0.6) is 0 Å². The van der Waals surface area contributed by atoms with E-state index in [1.165, 1.54) is 5.56 Å². The second kappa shape index (κ2) is 8.20. The Hall–Kier alpha value is -2.94. The van der Waals surface area contributed by atoms with Gasteiger partial charge >= 0.3 is 0 Å². The summed E-state index contributed by atoms with van der Waals surface area (Å²) in [5, 5.41) is 9.72. The molecule has 1 N–H and O–H groups in total.